The number of ether oxygens (including phenoxy) is 1. The average molecular weight is 502 g/mol. The molecule has 37 heavy (non-hydrogen) atoms. The molecule has 0 bridgehead atoms. The summed E-state index contributed by atoms with van der Waals surface area (Å²) in [6, 6.07) is 13.9. The topological polar surface area (TPSA) is 92.2 Å². The molecular formula is C28H35N7O2. The fourth-order valence-electron chi connectivity index (χ4n) is 5.15. The summed E-state index contributed by atoms with van der Waals surface area (Å²) in [6.45, 7) is 13.4. The standard InChI is InChI=1S/C28H35N7O2/c1-18-15-20-17-21(27(36)29-22(20)16-19(18)2)25(26-30-31-32-35(26)28(3,4)5)34-13-11-33(12-14-34)23-9-7-8-10-24(23)37-6/h7-10,15-17,25H,11-14H2,1-6H3,(H,29,36)/t25-/m0/s1. The number of benzene rings is 2. The van der Waals surface area contributed by atoms with E-state index in [1.165, 1.54) is 5.56 Å². The number of H-pyrrole nitrogens is 1. The number of pyridine rings is 1. The Kier molecular flexibility index (Phi) is 6.49. The van der Waals surface area contributed by atoms with Gasteiger partial charge in [-0.15, -0.1) is 5.10 Å². The van der Waals surface area contributed by atoms with Gasteiger partial charge in [0.1, 0.15) is 11.8 Å². The van der Waals surface area contributed by atoms with Crippen LogP contribution in [0.3, 0.4) is 0 Å². The second kappa shape index (κ2) is 9.63. The first-order valence-electron chi connectivity index (χ1n) is 12.7. The molecule has 2 aromatic carbocycles. The van der Waals surface area contributed by atoms with Crippen LogP contribution < -0.4 is 15.2 Å². The van der Waals surface area contributed by atoms with Crippen LogP contribution >= 0.6 is 0 Å². The molecule has 1 atom stereocenters. The van der Waals surface area contributed by atoms with E-state index in [0.29, 0.717) is 11.4 Å². The summed E-state index contributed by atoms with van der Waals surface area (Å²) in [6.07, 6.45) is 0. The number of nitrogens with one attached hydrogen (secondary N) is 1. The maximum Gasteiger partial charge on any atom is 0.253 e. The number of hydrogen-bond acceptors (Lipinski definition) is 7. The number of aryl methyl sites for hydroxylation is 2. The minimum Gasteiger partial charge on any atom is -0.495 e. The van der Waals surface area contributed by atoms with Crippen molar-refractivity contribution in [2.75, 3.05) is 38.2 Å². The molecule has 0 radical (unpaired) electrons. The minimum absolute atomic E-state index is 0.114. The van der Waals surface area contributed by atoms with E-state index >= 15 is 0 Å². The first-order chi connectivity index (χ1) is 17.7. The Morgan fingerprint density at radius 2 is 1.70 bits per heavy atom. The molecule has 1 aliphatic heterocycles. The van der Waals surface area contributed by atoms with Crippen molar-refractivity contribution in [2.24, 2.45) is 0 Å². The van der Waals surface area contributed by atoms with Gasteiger partial charge in [0.05, 0.1) is 18.3 Å². The van der Waals surface area contributed by atoms with Gasteiger partial charge in [0.25, 0.3) is 5.56 Å². The van der Waals surface area contributed by atoms with E-state index in [4.69, 9.17) is 4.74 Å². The lowest BCUT2D eigenvalue weighted by Crippen LogP contribution is -2.49. The van der Waals surface area contributed by atoms with Gasteiger partial charge in [-0.1, -0.05) is 12.1 Å². The van der Waals surface area contributed by atoms with Crippen molar-refractivity contribution < 1.29 is 4.74 Å². The molecule has 0 amide bonds. The van der Waals surface area contributed by atoms with Crippen molar-refractivity contribution >= 4 is 16.6 Å². The zero-order valence-corrected chi connectivity index (χ0v) is 22.4. The predicted molar refractivity (Wildman–Crippen MR) is 145 cm³/mol. The number of fused-ring (bicyclic) bond motifs is 1. The molecule has 1 saturated heterocycles. The van der Waals surface area contributed by atoms with E-state index in [1.54, 1.807) is 7.11 Å². The molecule has 1 fully saturated rings. The second-order valence-corrected chi connectivity index (χ2v) is 10.8. The molecule has 0 saturated carbocycles. The van der Waals surface area contributed by atoms with E-state index in [-0.39, 0.29) is 17.1 Å². The summed E-state index contributed by atoms with van der Waals surface area (Å²) in [5.41, 5.74) is 4.46. The first kappa shape index (κ1) is 25.0. The third kappa shape index (κ3) is 4.71. The van der Waals surface area contributed by atoms with Crippen molar-refractivity contribution in [2.45, 2.75) is 46.2 Å². The molecule has 9 heteroatoms. The van der Waals surface area contributed by atoms with Gasteiger partial charge in [0, 0.05) is 37.3 Å². The Bertz CT molecular complexity index is 1480. The molecule has 9 nitrogen and oxygen atoms in total. The SMILES string of the molecule is COc1ccccc1N1CCN([C@@H](c2cc3cc(C)c(C)cc3[nH]c2=O)c2nnnn2C(C)(C)C)CC1. The van der Waals surface area contributed by atoms with Gasteiger partial charge in [0.15, 0.2) is 5.82 Å². The van der Waals surface area contributed by atoms with E-state index in [9.17, 15) is 4.79 Å². The third-order valence-electron chi connectivity index (χ3n) is 7.26. The number of rotatable bonds is 5. The minimum atomic E-state index is -0.385. The van der Waals surface area contributed by atoms with Gasteiger partial charge in [0.2, 0.25) is 0 Å². The highest BCUT2D eigenvalue weighted by atomic mass is 16.5. The normalized spacial score (nSPS) is 15.8. The van der Waals surface area contributed by atoms with Crippen molar-refractivity contribution in [3.05, 3.63) is 75.3 Å². The van der Waals surface area contributed by atoms with Crippen LogP contribution in [-0.4, -0.2) is 63.4 Å². The van der Waals surface area contributed by atoms with Crippen LogP contribution in [0.2, 0.25) is 0 Å². The lowest BCUT2D eigenvalue weighted by atomic mass is 9.99. The van der Waals surface area contributed by atoms with Gasteiger partial charge < -0.3 is 14.6 Å². The third-order valence-corrected chi connectivity index (χ3v) is 7.26. The summed E-state index contributed by atoms with van der Waals surface area (Å²) >= 11 is 0. The maximum absolute atomic E-state index is 13.6. The fourth-order valence-corrected chi connectivity index (χ4v) is 5.15. The number of aromatic amines is 1. The molecule has 3 heterocycles. The van der Waals surface area contributed by atoms with Gasteiger partial charge in [-0.25, -0.2) is 4.68 Å². The van der Waals surface area contributed by atoms with Crippen molar-refractivity contribution in [3.63, 3.8) is 0 Å². The van der Waals surface area contributed by atoms with E-state index in [0.717, 1.165) is 54.1 Å². The van der Waals surface area contributed by atoms with Gasteiger partial charge >= 0.3 is 0 Å². The molecule has 1 N–H and O–H groups in total. The number of para-hydroxylation sites is 2. The van der Waals surface area contributed by atoms with E-state index < -0.39 is 0 Å². The molecule has 5 rings (SSSR count). The molecule has 0 spiro atoms. The number of methoxy groups -OCH3 is 1. The van der Waals surface area contributed by atoms with Crippen molar-refractivity contribution in [3.8, 4) is 5.75 Å². The molecule has 194 valence electrons. The highest BCUT2D eigenvalue weighted by Crippen LogP contribution is 2.33. The van der Waals surface area contributed by atoms with E-state index in [2.05, 4.69) is 77.1 Å². The van der Waals surface area contributed by atoms with Gasteiger partial charge in [-0.2, -0.15) is 0 Å². The summed E-state index contributed by atoms with van der Waals surface area (Å²) < 4.78 is 7.44. The summed E-state index contributed by atoms with van der Waals surface area (Å²) in [7, 11) is 1.70. The monoisotopic (exact) mass is 501 g/mol. The van der Waals surface area contributed by atoms with Crippen LogP contribution in [0.5, 0.6) is 5.75 Å². The highest BCUT2D eigenvalue weighted by Gasteiger charge is 2.35. The summed E-state index contributed by atoms with van der Waals surface area (Å²) in [5, 5.41) is 13.8. The molecule has 1 aliphatic rings. The van der Waals surface area contributed by atoms with Crippen molar-refractivity contribution in [1.82, 2.24) is 30.1 Å². The van der Waals surface area contributed by atoms with Gasteiger partial charge in [-0.05, 0) is 91.9 Å². The predicted octanol–water partition coefficient (Wildman–Crippen LogP) is 3.81. The molecular weight excluding hydrogens is 466 g/mol. The van der Waals surface area contributed by atoms with Crippen LogP contribution in [0.4, 0.5) is 5.69 Å². The molecule has 0 aliphatic carbocycles. The summed E-state index contributed by atoms with van der Waals surface area (Å²) in [5.74, 6) is 1.53. The number of piperazine rings is 1. The molecule has 0 unspecified atom stereocenters. The first-order valence-corrected chi connectivity index (χ1v) is 12.7. The fraction of sp³-hybridized carbons (Fsp3) is 0.429. The maximum atomic E-state index is 13.6. The number of anilines is 1. The Hall–Kier alpha value is -3.72. The zero-order chi connectivity index (χ0) is 26.3. The lowest BCUT2D eigenvalue weighted by Gasteiger charge is -2.40. The van der Waals surface area contributed by atoms with Crippen LogP contribution in [0.25, 0.3) is 10.9 Å². The number of hydrogen-bond donors (Lipinski definition) is 1. The largest absolute Gasteiger partial charge is 0.495 e. The quantitative estimate of drug-likeness (QED) is 0.445. The number of nitrogens with zero attached hydrogens (tertiary/aromatic N) is 6. The lowest BCUT2D eigenvalue weighted by molar-refractivity contribution is 0.190. The Morgan fingerprint density at radius 1 is 1.00 bits per heavy atom. The number of aromatic nitrogens is 5. The summed E-state index contributed by atoms with van der Waals surface area (Å²) in [4.78, 5) is 21.3. The van der Waals surface area contributed by atoms with Crippen LogP contribution in [0, 0.1) is 13.8 Å². The van der Waals surface area contributed by atoms with Crippen LogP contribution in [0.1, 0.15) is 49.3 Å². The molecule has 2 aromatic heterocycles. The van der Waals surface area contributed by atoms with Crippen LogP contribution in [-0.2, 0) is 5.54 Å². The Balaban J connectivity index is 1.57. The number of tetrazole rings is 1. The van der Waals surface area contributed by atoms with E-state index in [1.807, 2.05) is 35.0 Å². The zero-order valence-electron chi connectivity index (χ0n) is 22.4. The average Bonchev–Trinajstić information content (AvgIpc) is 3.36. The second-order valence-electron chi connectivity index (χ2n) is 10.8. The van der Waals surface area contributed by atoms with Gasteiger partial charge in [-0.3, -0.25) is 9.69 Å². The van der Waals surface area contributed by atoms with Crippen molar-refractivity contribution in [1.29, 1.82) is 0 Å². The Morgan fingerprint density at radius 3 is 2.41 bits per heavy atom. The highest BCUT2D eigenvalue weighted by molar-refractivity contribution is 5.81. The smallest absolute Gasteiger partial charge is 0.253 e. The molecule has 4 aromatic rings. The van der Waals surface area contributed by atoms with Crippen LogP contribution in [0.15, 0.2) is 47.3 Å². The Labute approximate surface area is 217 Å².